The van der Waals surface area contributed by atoms with E-state index in [1.54, 1.807) is 7.11 Å². The molecule has 0 saturated carbocycles. The van der Waals surface area contributed by atoms with Gasteiger partial charge in [-0.25, -0.2) is 4.79 Å². The van der Waals surface area contributed by atoms with Crippen LogP contribution in [-0.4, -0.2) is 91.4 Å². The van der Waals surface area contributed by atoms with Gasteiger partial charge in [-0.05, 0) is 74.6 Å². The third-order valence-electron chi connectivity index (χ3n) is 8.21. The van der Waals surface area contributed by atoms with Crippen molar-refractivity contribution in [2.45, 2.75) is 30.5 Å². The molecule has 5 rings (SSSR count). The van der Waals surface area contributed by atoms with E-state index in [1.807, 2.05) is 59.5 Å². The van der Waals surface area contributed by atoms with Gasteiger partial charge >= 0.3 is 6.03 Å². The topological polar surface area (TPSA) is 68.3 Å². The lowest BCUT2D eigenvalue weighted by Gasteiger charge is -2.57. The molecule has 2 aliphatic heterocycles. The molecule has 7 nitrogen and oxygen atoms in total. The Bertz CT molecular complexity index is 1330. The van der Waals surface area contributed by atoms with E-state index in [9.17, 15) is 9.90 Å². The SMILES string of the molecule is COc1ccc(NC(=O)N2C[C@H](N(C)C)CCN3[C@H](CO)C(c4ccc(C#Cc5ccccc5)cc4)[C@@H]3C2)cc1. The summed E-state index contributed by atoms with van der Waals surface area (Å²) in [7, 11) is 5.75. The molecule has 2 heterocycles. The molecule has 2 fully saturated rings. The van der Waals surface area contributed by atoms with Crippen LogP contribution in [0.25, 0.3) is 0 Å². The molecule has 2 saturated heterocycles. The molecule has 0 aliphatic carbocycles. The molecule has 0 bridgehead atoms. The maximum atomic E-state index is 13.5. The van der Waals surface area contributed by atoms with E-state index in [-0.39, 0.29) is 36.7 Å². The molecule has 0 aromatic heterocycles. The Balaban J connectivity index is 1.35. The second-order valence-electron chi connectivity index (χ2n) is 10.8. The number of carbonyl (C=O) groups excluding carboxylic acids is 1. The summed E-state index contributed by atoms with van der Waals surface area (Å²) < 4.78 is 5.25. The highest BCUT2D eigenvalue weighted by molar-refractivity contribution is 5.89. The van der Waals surface area contributed by atoms with E-state index in [4.69, 9.17) is 4.74 Å². The highest BCUT2D eigenvalue weighted by Gasteiger charge is 2.50. The number of fused-ring (bicyclic) bond motifs is 1. The van der Waals surface area contributed by atoms with Gasteiger partial charge in [-0.1, -0.05) is 42.2 Å². The van der Waals surface area contributed by atoms with E-state index < -0.39 is 0 Å². The maximum Gasteiger partial charge on any atom is 0.321 e. The van der Waals surface area contributed by atoms with Crippen molar-refractivity contribution in [3.05, 3.63) is 95.6 Å². The van der Waals surface area contributed by atoms with Crippen LogP contribution < -0.4 is 10.1 Å². The lowest BCUT2D eigenvalue weighted by Crippen LogP contribution is -2.69. The minimum absolute atomic E-state index is 0.0265. The molecule has 208 valence electrons. The quantitative estimate of drug-likeness (QED) is 0.479. The molecule has 0 spiro atoms. The minimum Gasteiger partial charge on any atom is -0.497 e. The Morgan fingerprint density at radius 3 is 2.27 bits per heavy atom. The van der Waals surface area contributed by atoms with Crippen LogP contribution >= 0.6 is 0 Å². The number of nitrogens with one attached hydrogen (secondary N) is 1. The van der Waals surface area contributed by atoms with Crippen molar-refractivity contribution < 1.29 is 14.6 Å². The number of aliphatic hydroxyl groups is 1. The molecular formula is C33H38N4O3. The summed E-state index contributed by atoms with van der Waals surface area (Å²) in [5.41, 5.74) is 3.85. The van der Waals surface area contributed by atoms with Gasteiger partial charge in [0, 0.05) is 60.5 Å². The molecule has 7 heteroatoms. The molecule has 2 aliphatic rings. The Hall–Kier alpha value is -3.83. The number of aliphatic hydroxyl groups excluding tert-OH is 1. The average molecular weight is 539 g/mol. The number of urea groups is 1. The molecule has 4 atom stereocenters. The highest BCUT2D eigenvalue weighted by Crippen LogP contribution is 2.42. The van der Waals surface area contributed by atoms with Gasteiger partial charge in [0.25, 0.3) is 0 Å². The summed E-state index contributed by atoms with van der Waals surface area (Å²) in [5.74, 6) is 7.34. The van der Waals surface area contributed by atoms with Crippen LogP contribution in [-0.2, 0) is 0 Å². The molecule has 0 radical (unpaired) electrons. The largest absolute Gasteiger partial charge is 0.497 e. The van der Waals surface area contributed by atoms with Gasteiger partial charge in [0.1, 0.15) is 5.75 Å². The van der Waals surface area contributed by atoms with Crippen LogP contribution in [0.1, 0.15) is 29.0 Å². The van der Waals surface area contributed by atoms with Gasteiger partial charge in [-0.15, -0.1) is 0 Å². The third kappa shape index (κ3) is 6.15. The fraction of sp³-hybridized carbons (Fsp3) is 0.364. The van der Waals surface area contributed by atoms with Crippen molar-refractivity contribution in [1.29, 1.82) is 0 Å². The van der Waals surface area contributed by atoms with Crippen LogP contribution in [0, 0.1) is 11.8 Å². The second-order valence-corrected chi connectivity index (χ2v) is 10.8. The van der Waals surface area contributed by atoms with Gasteiger partial charge in [-0.2, -0.15) is 0 Å². The molecule has 2 N–H and O–H groups in total. The molecular weight excluding hydrogens is 500 g/mol. The van der Waals surface area contributed by atoms with Crippen molar-refractivity contribution >= 4 is 11.7 Å². The number of anilines is 1. The smallest absolute Gasteiger partial charge is 0.321 e. The fourth-order valence-corrected chi connectivity index (χ4v) is 5.89. The predicted molar refractivity (Wildman–Crippen MR) is 159 cm³/mol. The number of rotatable bonds is 5. The van der Waals surface area contributed by atoms with Crippen molar-refractivity contribution in [3.63, 3.8) is 0 Å². The van der Waals surface area contributed by atoms with Crippen molar-refractivity contribution in [3.8, 4) is 17.6 Å². The summed E-state index contributed by atoms with van der Waals surface area (Å²) >= 11 is 0. The Morgan fingerprint density at radius 2 is 1.65 bits per heavy atom. The molecule has 2 amide bonds. The van der Waals surface area contributed by atoms with Gasteiger partial charge in [-0.3, -0.25) is 4.90 Å². The van der Waals surface area contributed by atoms with Crippen LogP contribution in [0.3, 0.4) is 0 Å². The van der Waals surface area contributed by atoms with Crippen LogP contribution in [0.2, 0.25) is 0 Å². The number of ether oxygens (including phenoxy) is 1. The summed E-state index contributed by atoms with van der Waals surface area (Å²) in [6.45, 7) is 2.21. The van der Waals surface area contributed by atoms with Gasteiger partial charge in [0.05, 0.1) is 13.7 Å². The first-order valence-electron chi connectivity index (χ1n) is 13.9. The number of nitrogens with zero attached hydrogens (tertiary/aromatic N) is 3. The van der Waals surface area contributed by atoms with Gasteiger partial charge in [0.2, 0.25) is 0 Å². The van der Waals surface area contributed by atoms with Crippen molar-refractivity contribution in [2.75, 3.05) is 52.8 Å². The van der Waals surface area contributed by atoms with E-state index in [0.29, 0.717) is 13.1 Å². The molecule has 3 aromatic carbocycles. The summed E-state index contributed by atoms with van der Waals surface area (Å²) in [4.78, 5) is 20.1. The standard InChI is InChI=1S/C33H38N4O3/c1-35(2)28-19-20-37-30(22-36(21-28)33(39)34-27-15-17-29(40-3)18-16-27)32(31(37)23-38)26-13-11-25(12-14-26)10-9-24-7-5-4-6-8-24/h4-8,11-18,28,30-32,38H,19-23H2,1-3H3,(H,34,39)/t28-,30+,31-,32?/m1/s1. The lowest BCUT2D eigenvalue weighted by atomic mass is 9.74. The van der Waals surface area contributed by atoms with E-state index in [2.05, 4.69) is 65.3 Å². The first-order chi connectivity index (χ1) is 19.5. The maximum absolute atomic E-state index is 13.5. The van der Waals surface area contributed by atoms with Crippen molar-refractivity contribution in [1.82, 2.24) is 14.7 Å². The monoisotopic (exact) mass is 538 g/mol. The molecule has 40 heavy (non-hydrogen) atoms. The molecule has 1 unspecified atom stereocenters. The van der Waals surface area contributed by atoms with Gasteiger partial charge in [0.15, 0.2) is 0 Å². The number of likely N-dealkylation sites (N-methyl/N-ethyl adjacent to an activating group) is 1. The summed E-state index contributed by atoms with van der Waals surface area (Å²) in [6, 6.07) is 26.0. The van der Waals surface area contributed by atoms with E-state index >= 15 is 0 Å². The fourth-order valence-electron chi connectivity index (χ4n) is 5.89. The number of hydrogen-bond donors (Lipinski definition) is 2. The Kier molecular flexibility index (Phi) is 8.71. The zero-order valence-electron chi connectivity index (χ0n) is 23.5. The Labute approximate surface area is 237 Å². The summed E-state index contributed by atoms with van der Waals surface area (Å²) in [5, 5.41) is 13.5. The first-order valence-corrected chi connectivity index (χ1v) is 13.9. The zero-order valence-corrected chi connectivity index (χ0v) is 23.5. The Morgan fingerprint density at radius 1 is 0.975 bits per heavy atom. The average Bonchev–Trinajstić information content (AvgIpc) is 2.96. The number of amides is 2. The highest BCUT2D eigenvalue weighted by atomic mass is 16.5. The van der Waals surface area contributed by atoms with Crippen LogP contribution in [0.4, 0.5) is 10.5 Å². The van der Waals surface area contributed by atoms with Crippen molar-refractivity contribution in [2.24, 2.45) is 0 Å². The van der Waals surface area contributed by atoms with Crippen LogP contribution in [0.5, 0.6) is 5.75 Å². The molecule has 3 aromatic rings. The summed E-state index contributed by atoms with van der Waals surface area (Å²) in [6.07, 6.45) is 0.924. The lowest BCUT2D eigenvalue weighted by molar-refractivity contribution is -0.0654. The van der Waals surface area contributed by atoms with E-state index in [0.717, 1.165) is 35.5 Å². The van der Waals surface area contributed by atoms with E-state index in [1.165, 1.54) is 5.56 Å². The number of carbonyl (C=O) groups is 1. The number of benzene rings is 3. The normalized spacial score (nSPS) is 22.7. The minimum atomic E-state index is -0.114. The number of hydrogen-bond acceptors (Lipinski definition) is 5. The predicted octanol–water partition coefficient (Wildman–Crippen LogP) is 4.09. The third-order valence-corrected chi connectivity index (χ3v) is 8.21. The number of methoxy groups -OCH3 is 1. The van der Waals surface area contributed by atoms with Gasteiger partial charge < -0.3 is 25.0 Å². The zero-order chi connectivity index (χ0) is 28.1. The first kappa shape index (κ1) is 27.7. The second kappa shape index (κ2) is 12.6. The van der Waals surface area contributed by atoms with Crippen LogP contribution in [0.15, 0.2) is 78.9 Å².